The van der Waals surface area contributed by atoms with Crippen LogP contribution in [-0.4, -0.2) is 24.7 Å². The van der Waals surface area contributed by atoms with Crippen LogP contribution < -0.4 is 10.6 Å². The van der Waals surface area contributed by atoms with E-state index in [1.54, 1.807) is 6.07 Å². The van der Waals surface area contributed by atoms with Gasteiger partial charge in [0.25, 0.3) is 0 Å². The lowest BCUT2D eigenvalue weighted by Crippen LogP contribution is -2.28. The van der Waals surface area contributed by atoms with Gasteiger partial charge in [-0.3, -0.25) is 4.68 Å². The average molecular weight is 562 g/mol. The van der Waals surface area contributed by atoms with Crippen LogP contribution in [0.2, 0.25) is 10.0 Å². The molecule has 2 aromatic heterocycles. The Labute approximate surface area is 237 Å². The van der Waals surface area contributed by atoms with E-state index in [4.69, 9.17) is 45.6 Å². The fourth-order valence-electron chi connectivity index (χ4n) is 4.27. The fraction of sp³-hybridized carbons (Fsp3) is 0.138. The van der Waals surface area contributed by atoms with Crippen LogP contribution in [0.4, 0.5) is 5.69 Å². The molecule has 6 nitrogen and oxygen atoms in total. The number of aromatic nitrogens is 4. The van der Waals surface area contributed by atoms with Gasteiger partial charge >= 0.3 is 0 Å². The van der Waals surface area contributed by atoms with Crippen molar-refractivity contribution in [2.45, 2.75) is 26.9 Å². The third-order valence-corrected chi connectivity index (χ3v) is 7.22. The Hall–Kier alpha value is -3.65. The van der Waals surface area contributed by atoms with Gasteiger partial charge in [-0.1, -0.05) is 77.8 Å². The summed E-state index contributed by atoms with van der Waals surface area (Å²) in [6, 6.07) is 25.8. The molecule has 3 aromatic carbocycles. The number of nitrogens with one attached hydrogen (secondary N) is 2. The minimum atomic E-state index is 0.511. The van der Waals surface area contributed by atoms with Gasteiger partial charge < -0.3 is 10.6 Å². The molecular weight excluding hydrogens is 535 g/mol. The van der Waals surface area contributed by atoms with Gasteiger partial charge in [0.15, 0.2) is 5.11 Å². The van der Waals surface area contributed by atoms with Gasteiger partial charge in [-0.15, -0.1) is 0 Å². The van der Waals surface area contributed by atoms with Crippen LogP contribution in [-0.2, 0) is 13.1 Å². The molecule has 0 aliphatic rings. The average Bonchev–Trinajstić information content (AvgIpc) is 3.47. The third kappa shape index (κ3) is 5.75. The summed E-state index contributed by atoms with van der Waals surface area (Å²) in [4.78, 5) is 0. The first kappa shape index (κ1) is 26.0. The molecule has 5 rings (SSSR count). The van der Waals surface area contributed by atoms with Crippen LogP contribution >= 0.6 is 35.4 Å². The van der Waals surface area contributed by atoms with Gasteiger partial charge in [0.05, 0.1) is 45.0 Å². The number of nitrogens with zero attached hydrogens (tertiary/aromatic N) is 4. The predicted octanol–water partition coefficient (Wildman–Crippen LogP) is 7.19. The maximum atomic E-state index is 6.19. The van der Waals surface area contributed by atoms with E-state index in [1.165, 1.54) is 0 Å². The predicted molar refractivity (Wildman–Crippen MR) is 159 cm³/mol. The molecule has 38 heavy (non-hydrogen) atoms. The molecule has 2 N–H and O–H groups in total. The van der Waals surface area contributed by atoms with Crippen LogP contribution in [0.1, 0.15) is 22.5 Å². The Kier molecular flexibility index (Phi) is 7.79. The summed E-state index contributed by atoms with van der Waals surface area (Å²) >= 11 is 17.9. The molecule has 0 saturated carbocycles. The number of benzene rings is 3. The second kappa shape index (κ2) is 11.4. The summed E-state index contributed by atoms with van der Waals surface area (Å²) in [6.45, 7) is 5.06. The lowest BCUT2D eigenvalue weighted by atomic mass is 10.1. The first-order chi connectivity index (χ1) is 18.4. The van der Waals surface area contributed by atoms with Crippen LogP contribution in [0.15, 0.2) is 85.1 Å². The molecule has 192 valence electrons. The van der Waals surface area contributed by atoms with E-state index in [0.717, 1.165) is 45.1 Å². The third-order valence-electron chi connectivity index (χ3n) is 6.23. The van der Waals surface area contributed by atoms with E-state index >= 15 is 0 Å². The second-order valence-electron chi connectivity index (χ2n) is 8.91. The molecule has 0 saturated heterocycles. The highest BCUT2D eigenvalue weighted by Gasteiger charge is 2.16. The molecule has 0 bridgehead atoms. The molecule has 9 heteroatoms. The van der Waals surface area contributed by atoms with Crippen molar-refractivity contribution in [3.05, 3.63) is 118 Å². The van der Waals surface area contributed by atoms with E-state index in [2.05, 4.69) is 22.8 Å². The molecule has 0 aliphatic carbocycles. The van der Waals surface area contributed by atoms with Crippen LogP contribution in [0.3, 0.4) is 0 Å². The maximum Gasteiger partial charge on any atom is 0.171 e. The Morgan fingerprint density at radius 1 is 0.895 bits per heavy atom. The van der Waals surface area contributed by atoms with Crippen molar-refractivity contribution in [3.8, 4) is 16.9 Å². The largest absolute Gasteiger partial charge is 0.358 e. The van der Waals surface area contributed by atoms with Crippen molar-refractivity contribution in [2.75, 3.05) is 5.32 Å². The first-order valence-corrected chi connectivity index (χ1v) is 13.3. The molecule has 0 fully saturated rings. The van der Waals surface area contributed by atoms with E-state index in [1.807, 2.05) is 90.1 Å². The number of hydrogen-bond acceptors (Lipinski definition) is 3. The van der Waals surface area contributed by atoms with E-state index in [9.17, 15) is 0 Å². The van der Waals surface area contributed by atoms with Gasteiger partial charge in [-0.05, 0) is 55.9 Å². The number of para-hydroxylation sites is 1. The molecule has 5 aromatic rings. The molecule has 2 heterocycles. The first-order valence-electron chi connectivity index (χ1n) is 12.1. The summed E-state index contributed by atoms with van der Waals surface area (Å²) in [5.74, 6) is 0. The Morgan fingerprint density at radius 2 is 1.61 bits per heavy atom. The zero-order valence-electron chi connectivity index (χ0n) is 21.0. The minimum Gasteiger partial charge on any atom is -0.358 e. The summed E-state index contributed by atoms with van der Waals surface area (Å²) in [7, 11) is 0. The highest BCUT2D eigenvalue weighted by atomic mass is 35.5. The van der Waals surface area contributed by atoms with E-state index in [-0.39, 0.29) is 0 Å². The molecular formula is C29H26Cl2N6S. The zero-order valence-corrected chi connectivity index (χ0v) is 23.3. The normalized spacial score (nSPS) is 10.9. The fourth-order valence-corrected chi connectivity index (χ4v) is 4.76. The van der Waals surface area contributed by atoms with Gasteiger partial charge in [0.1, 0.15) is 0 Å². The summed E-state index contributed by atoms with van der Waals surface area (Å²) in [6.07, 6.45) is 2.04. The highest BCUT2D eigenvalue weighted by molar-refractivity contribution is 7.80. The minimum absolute atomic E-state index is 0.511. The smallest absolute Gasteiger partial charge is 0.171 e. The molecule has 0 unspecified atom stereocenters. The van der Waals surface area contributed by atoms with Crippen LogP contribution in [0, 0.1) is 13.8 Å². The summed E-state index contributed by atoms with van der Waals surface area (Å²) < 4.78 is 3.83. The van der Waals surface area contributed by atoms with Gasteiger partial charge in [0.2, 0.25) is 0 Å². The SMILES string of the molecule is Cc1nn(Cc2ccc(Cl)c(Cl)c2)c(C)c1NC(=S)NCc1cn(-c2ccccc2)nc1-c1ccccc1. The lowest BCUT2D eigenvalue weighted by Gasteiger charge is -2.11. The molecule has 0 atom stereocenters. The zero-order chi connectivity index (χ0) is 26.6. The van der Waals surface area contributed by atoms with Crippen molar-refractivity contribution in [2.24, 2.45) is 0 Å². The Bertz CT molecular complexity index is 1580. The number of aryl methyl sites for hydroxylation is 1. The van der Waals surface area contributed by atoms with Crippen molar-refractivity contribution in [1.82, 2.24) is 24.9 Å². The maximum absolute atomic E-state index is 6.19. The van der Waals surface area contributed by atoms with Gasteiger partial charge in [-0.25, -0.2) is 4.68 Å². The molecule has 0 radical (unpaired) electrons. The highest BCUT2D eigenvalue weighted by Crippen LogP contribution is 2.26. The lowest BCUT2D eigenvalue weighted by molar-refractivity contribution is 0.659. The van der Waals surface area contributed by atoms with Crippen molar-refractivity contribution >= 4 is 46.2 Å². The topological polar surface area (TPSA) is 59.7 Å². The number of halogens is 2. The van der Waals surface area contributed by atoms with E-state index in [0.29, 0.717) is 28.2 Å². The van der Waals surface area contributed by atoms with Crippen molar-refractivity contribution in [3.63, 3.8) is 0 Å². The summed E-state index contributed by atoms with van der Waals surface area (Å²) in [5.41, 5.74) is 7.71. The molecule has 0 aliphatic heterocycles. The number of anilines is 1. The number of hydrogen-bond donors (Lipinski definition) is 2. The molecule has 0 spiro atoms. The van der Waals surface area contributed by atoms with Crippen LogP contribution in [0.25, 0.3) is 16.9 Å². The Morgan fingerprint density at radius 3 is 2.32 bits per heavy atom. The van der Waals surface area contributed by atoms with Crippen molar-refractivity contribution in [1.29, 1.82) is 0 Å². The summed E-state index contributed by atoms with van der Waals surface area (Å²) in [5, 5.41) is 17.8. The van der Waals surface area contributed by atoms with Crippen molar-refractivity contribution < 1.29 is 0 Å². The van der Waals surface area contributed by atoms with Gasteiger partial charge in [-0.2, -0.15) is 10.2 Å². The quantitative estimate of drug-likeness (QED) is 0.206. The van der Waals surface area contributed by atoms with E-state index < -0.39 is 0 Å². The Balaban J connectivity index is 1.31. The monoisotopic (exact) mass is 560 g/mol. The second-order valence-corrected chi connectivity index (χ2v) is 10.1. The number of thiocarbonyl (C=S) groups is 1. The van der Waals surface area contributed by atoms with Gasteiger partial charge in [0, 0.05) is 23.9 Å². The molecule has 0 amide bonds. The van der Waals surface area contributed by atoms with Crippen LogP contribution in [0.5, 0.6) is 0 Å². The number of rotatable bonds is 7. The standard InChI is InChI=1S/C29H26Cl2N6S/c1-19-27(20(2)36(34-19)17-21-13-14-25(30)26(31)15-21)33-29(38)32-16-23-18-37(24-11-7-4-8-12-24)35-28(23)22-9-5-3-6-10-22/h3-15,18H,16-17H2,1-2H3,(H2,32,33,38).